The van der Waals surface area contributed by atoms with Crippen LogP contribution in [0.5, 0.6) is 0 Å². The predicted molar refractivity (Wildman–Crippen MR) is 68.2 cm³/mol. The van der Waals surface area contributed by atoms with Crippen molar-refractivity contribution in [3.8, 4) is 0 Å². The van der Waals surface area contributed by atoms with E-state index in [9.17, 15) is 9.59 Å². The summed E-state index contributed by atoms with van der Waals surface area (Å²) in [6.45, 7) is 0.181. The largest absolute Gasteiger partial charge is 0.481 e. The van der Waals surface area contributed by atoms with Crippen molar-refractivity contribution in [3.63, 3.8) is 0 Å². The van der Waals surface area contributed by atoms with Crippen LogP contribution < -0.4 is 5.73 Å². The summed E-state index contributed by atoms with van der Waals surface area (Å²) in [5, 5.41) is 9.53. The lowest BCUT2D eigenvalue weighted by molar-refractivity contribution is -0.138. The molecule has 0 saturated heterocycles. The van der Waals surface area contributed by atoms with E-state index in [1.807, 2.05) is 18.3 Å². The molecular formula is C13H14N2O3. The standard InChI is InChI=1S/C13H14N2O3/c14-10-2-1-9-5-6-15(12(9)7-10)8-11(16)3-4-13(17)18/h1-2,5-7H,3-4,8,14H2,(H,17,18). The number of hydrogen-bond donors (Lipinski definition) is 2. The molecule has 2 rings (SSSR count). The molecule has 3 N–H and O–H groups in total. The second-order valence-corrected chi connectivity index (χ2v) is 4.19. The van der Waals surface area contributed by atoms with Gasteiger partial charge < -0.3 is 15.4 Å². The summed E-state index contributed by atoms with van der Waals surface area (Å²) in [6, 6.07) is 7.40. The highest BCUT2D eigenvalue weighted by molar-refractivity contribution is 5.87. The van der Waals surface area contributed by atoms with Crippen molar-refractivity contribution < 1.29 is 14.7 Å². The molecule has 0 spiro atoms. The van der Waals surface area contributed by atoms with E-state index < -0.39 is 5.97 Å². The van der Waals surface area contributed by atoms with Crippen LogP contribution in [-0.4, -0.2) is 21.4 Å². The van der Waals surface area contributed by atoms with Crippen LogP contribution in [0, 0.1) is 0 Å². The van der Waals surface area contributed by atoms with Gasteiger partial charge in [-0.15, -0.1) is 0 Å². The number of nitrogens with two attached hydrogens (primary N) is 1. The molecule has 5 nitrogen and oxygen atoms in total. The van der Waals surface area contributed by atoms with Gasteiger partial charge in [-0.1, -0.05) is 6.07 Å². The molecule has 0 radical (unpaired) electrons. The zero-order valence-corrected chi connectivity index (χ0v) is 9.80. The molecule has 1 heterocycles. The van der Waals surface area contributed by atoms with Gasteiger partial charge in [0.2, 0.25) is 0 Å². The third-order valence-electron chi connectivity index (χ3n) is 2.76. The molecule has 5 heteroatoms. The van der Waals surface area contributed by atoms with Crippen LogP contribution in [0.25, 0.3) is 10.9 Å². The highest BCUT2D eigenvalue weighted by Gasteiger charge is 2.08. The summed E-state index contributed by atoms with van der Waals surface area (Å²) in [6.07, 6.45) is 1.74. The third kappa shape index (κ3) is 2.68. The minimum atomic E-state index is -0.954. The van der Waals surface area contributed by atoms with Gasteiger partial charge >= 0.3 is 5.97 Å². The number of benzene rings is 1. The fourth-order valence-corrected chi connectivity index (χ4v) is 1.85. The number of ketones is 1. The van der Waals surface area contributed by atoms with E-state index in [1.54, 1.807) is 16.7 Å². The number of carbonyl (C=O) groups is 2. The lowest BCUT2D eigenvalue weighted by Crippen LogP contribution is -2.10. The number of Topliss-reactive ketones (excluding diaryl/α,β-unsaturated/α-hetero) is 1. The zero-order valence-electron chi connectivity index (χ0n) is 9.80. The number of rotatable bonds is 5. The fraction of sp³-hybridized carbons (Fsp3) is 0.231. The molecule has 0 aliphatic heterocycles. The number of nitrogens with zero attached hydrogens (tertiary/aromatic N) is 1. The lowest BCUT2D eigenvalue weighted by atomic mass is 10.2. The number of aromatic nitrogens is 1. The number of carboxylic acids is 1. The zero-order chi connectivity index (χ0) is 13.1. The van der Waals surface area contributed by atoms with Crippen molar-refractivity contribution in [2.75, 3.05) is 5.73 Å². The van der Waals surface area contributed by atoms with Gasteiger partial charge in [-0.05, 0) is 23.6 Å². The predicted octanol–water partition coefficient (Wildman–Crippen LogP) is 1.66. The highest BCUT2D eigenvalue weighted by atomic mass is 16.4. The van der Waals surface area contributed by atoms with Gasteiger partial charge in [0.25, 0.3) is 0 Å². The van der Waals surface area contributed by atoms with Crippen LogP contribution in [0.4, 0.5) is 5.69 Å². The van der Waals surface area contributed by atoms with Crippen LogP contribution in [0.2, 0.25) is 0 Å². The molecule has 0 aliphatic carbocycles. The number of nitrogen functional groups attached to an aromatic ring is 1. The van der Waals surface area contributed by atoms with Gasteiger partial charge in [0.1, 0.15) is 0 Å². The first-order valence-corrected chi connectivity index (χ1v) is 5.64. The molecule has 0 aliphatic rings. The molecule has 0 saturated carbocycles. The average Bonchev–Trinajstić information content (AvgIpc) is 2.69. The Kier molecular flexibility index (Phi) is 3.32. The number of anilines is 1. The Morgan fingerprint density at radius 3 is 2.72 bits per heavy atom. The summed E-state index contributed by atoms with van der Waals surface area (Å²) in [5.41, 5.74) is 7.23. The maximum Gasteiger partial charge on any atom is 0.303 e. The number of fused-ring (bicyclic) bond motifs is 1. The smallest absolute Gasteiger partial charge is 0.303 e. The number of carboxylic acid groups (broad SMARTS) is 1. The summed E-state index contributed by atoms with van der Waals surface area (Å²) in [4.78, 5) is 22.0. The second-order valence-electron chi connectivity index (χ2n) is 4.19. The van der Waals surface area contributed by atoms with Gasteiger partial charge in [-0.3, -0.25) is 9.59 Å². The Bertz CT molecular complexity index is 601. The minimum Gasteiger partial charge on any atom is -0.481 e. The van der Waals surface area contributed by atoms with Gasteiger partial charge in [0.15, 0.2) is 5.78 Å². The number of carbonyl (C=O) groups excluding carboxylic acids is 1. The second kappa shape index (κ2) is 4.91. The molecule has 0 unspecified atom stereocenters. The van der Waals surface area contributed by atoms with Gasteiger partial charge in [-0.25, -0.2) is 0 Å². The first-order chi connectivity index (χ1) is 8.56. The molecular weight excluding hydrogens is 232 g/mol. The molecule has 0 bridgehead atoms. The minimum absolute atomic E-state index is 0.0529. The van der Waals surface area contributed by atoms with Gasteiger partial charge in [0, 0.05) is 18.3 Å². The van der Waals surface area contributed by atoms with Crippen LogP contribution >= 0.6 is 0 Å². The van der Waals surface area contributed by atoms with E-state index in [-0.39, 0.29) is 25.2 Å². The number of aliphatic carboxylic acids is 1. The van der Waals surface area contributed by atoms with Crippen molar-refractivity contribution in [1.82, 2.24) is 4.57 Å². The Balaban J connectivity index is 2.14. The van der Waals surface area contributed by atoms with Crippen molar-refractivity contribution in [2.45, 2.75) is 19.4 Å². The van der Waals surface area contributed by atoms with Crippen LogP contribution in [0.1, 0.15) is 12.8 Å². The van der Waals surface area contributed by atoms with E-state index in [0.717, 1.165) is 10.9 Å². The van der Waals surface area contributed by atoms with E-state index in [2.05, 4.69) is 0 Å². The fourth-order valence-electron chi connectivity index (χ4n) is 1.85. The molecule has 0 atom stereocenters. The quantitative estimate of drug-likeness (QED) is 0.785. The van der Waals surface area contributed by atoms with Crippen LogP contribution in [0.3, 0.4) is 0 Å². The Morgan fingerprint density at radius 1 is 1.22 bits per heavy atom. The summed E-state index contributed by atoms with van der Waals surface area (Å²) < 4.78 is 1.79. The summed E-state index contributed by atoms with van der Waals surface area (Å²) in [7, 11) is 0. The third-order valence-corrected chi connectivity index (χ3v) is 2.76. The van der Waals surface area contributed by atoms with Crippen LogP contribution in [0.15, 0.2) is 30.5 Å². The van der Waals surface area contributed by atoms with Crippen molar-refractivity contribution in [3.05, 3.63) is 30.5 Å². The Morgan fingerprint density at radius 2 is 2.00 bits per heavy atom. The monoisotopic (exact) mass is 246 g/mol. The average molecular weight is 246 g/mol. The van der Waals surface area contributed by atoms with E-state index in [1.165, 1.54) is 0 Å². The van der Waals surface area contributed by atoms with Crippen molar-refractivity contribution in [2.24, 2.45) is 0 Å². The SMILES string of the molecule is Nc1ccc2ccn(CC(=O)CCC(=O)O)c2c1. The lowest BCUT2D eigenvalue weighted by Gasteiger charge is -2.04. The Labute approximate surface area is 104 Å². The van der Waals surface area contributed by atoms with Crippen molar-refractivity contribution in [1.29, 1.82) is 0 Å². The molecule has 1 aromatic heterocycles. The first-order valence-electron chi connectivity index (χ1n) is 5.64. The molecule has 18 heavy (non-hydrogen) atoms. The van der Waals surface area contributed by atoms with E-state index >= 15 is 0 Å². The van der Waals surface area contributed by atoms with E-state index in [0.29, 0.717) is 5.69 Å². The maximum atomic E-state index is 11.6. The molecule has 1 aromatic carbocycles. The summed E-state index contributed by atoms with van der Waals surface area (Å²) >= 11 is 0. The number of hydrogen-bond acceptors (Lipinski definition) is 3. The molecule has 0 amide bonds. The molecule has 2 aromatic rings. The van der Waals surface area contributed by atoms with E-state index in [4.69, 9.17) is 10.8 Å². The Hall–Kier alpha value is -2.30. The van der Waals surface area contributed by atoms with Gasteiger partial charge in [-0.2, -0.15) is 0 Å². The van der Waals surface area contributed by atoms with Crippen molar-refractivity contribution >= 4 is 28.3 Å². The first kappa shape index (κ1) is 12.2. The highest BCUT2D eigenvalue weighted by Crippen LogP contribution is 2.19. The van der Waals surface area contributed by atoms with Crippen LogP contribution in [-0.2, 0) is 16.1 Å². The normalized spacial score (nSPS) is 10.7. The molecule has 94 valence electrons. The molecule has 0 fully saturated rings. The van der Waals surface area contributed by atoms with Gasteiger partial charge in [0.05, 0.1) is 18.5 Å². The topological polar surface area (TPSA) is 85.3 Å². The maximum absolute atomic E-state index is 11.6. The summed E-state index contributed by atoms with van der Waals surface area (Å²) in [5.74, 6) is -1.05.